The molecule has 0 saturated heterocycles. The molecule has 2 aromatic rings. The van der Waals surface area contributed by atoms with E-state index in [4.69, 9.17) is 9.88 Å². The number of benzene rings is 2. The standard InChI is InChI=1S/C12H9BrFNO3S/c13-9-7-8(19(15,16)17)5-6-11(9)18-12-4-2-1-3-10(12)14/h1-7H,(H2,15,16,17). The van der Waals surface area contributed by atoms with Gasteiger partial charge >= 0.3 is 0 Å². The Kier molecular flexibility index (Phi) is 3.88. The fourth-order valence-electron chi connectivity index (χ4n) is 1.39. The zero-order valence-electron chi connectivity index (χ0n) is 9.51. The van der Waals surface area contributed by atoms with Crippen LogP contribution >= 0.6 is 15.9 Å². The maximum atomic E-state index is 13.4. The average molecular weight is 346 g/mol. The molecule has 0 aliphatic rings. The summed E-state index contributed by atoms with van der Waals surface area (Å²) in [4.78, 5) is -0.0553. The van der Waals surface area contributed by atoms with Crippen LogP contribution in [0.2, 0.25) is 0 Å². The molecule has 0 fully saturated rings. The zero-order valence-corrected chi connectivity index (χ0v) is 11.9. The summed E-state index contributed by atoms with van der Waals surface area (Å²) in [6, 6.07) is 9.89. The van der Waals surface area contributed by atoms with E-state index in [-0.39, 0.29) is 16.4 Å². The van der Waals surface area contributed by atoms with Crippen molar-refractivity contribution in [2.24, 2.45) is 5.14 Å². The quantitative estimate of drug-likeness (QED) is 0.929. The SMILES string of the molecule is NS(=O)(=O)c1ccc(Oc2ccccc2F)c(Br)c1. The van der Waals surface area contributed by atoms with Gasteiger partial charge in [-0.15, -0.1) is 0 Å². The number of rotatable bonds is 3. The highest BCUT2D eigenvalue weighted by Crippen LogP contribution is 2.32. The highest BCUT2D eigenvalue weighted by atomic mass is 79.9. The van der Waals surface area contributed by atoms with Crippen molar-refractivity contribution >= 4 is 26.0 Å². The zero-order chi connectivity index (χ0) is 14.0. The molecule has 2 N–H and O–H groups in total. The highest BCUT2D eigenvalue weighted by molar-refractivity contribution is 9.10. The van der Waals surface area contributed by atoms with E-state index in [0.717, 1.165) is 0 Å². The van der Waals surface area contributed by atoms with Crippen LogP contribution in [0.15, 0.2) is 51.8 Å². The molecule has 0 atom stereocenters. The van der Waals surface area contributed by atoms with E-state index in [0.29, 0.717) is 4.47 Å². The second kappa shape index (κ2) is 5.28. The number of hydrogen-bond acceptors (Lipinski definition) is 3. The fraction of sp³-hybridized carbons (Fsp3) is 0. The van der Waals surface area contributed by atoms with Crippen LogP contribution in [0.3, 0.4) is 0 Å². The third kappa shape index (κ3) is 3.31. The Bertz CT molecular complexity index is 719. The number of halogens is 2. The van der Waals surface area contributed by atoms with E-state index >= 15 is 0 Å². The van der Waals surface area contributed by atoms with Gasteiger partial charge in [0.1, 0.15) is 5.75 Å². The smallest absolute Gasteiger partial charge is 0.238 e. The maximum absolute atomic E-state index is 13.4. The molecule has 0 saturated carbocycles. The molecule has 0 aliphatic carbocycles. The number of sulfonamides is 1. The van der Waals surface area contributed by atoms with Crippen molar-refractivity contribution in [1.82, 2.24) is 0 Å². The molecule has 0 aliphatic heterocycles. The van der Waals surface area contributed by atoms with E-state index in [2.05, 4.69) is 15.9 Å². The predicted molar refractivity (Wildman–Crippen MR) is 72.0 cm³/mol. The Hall–Kier alpha value is -1.44. The van der Waals surface area contributed by atoms with Gasteiger partial charge in [-0.3, -0.25) is 0 Å². The van der Waals surface area contributed by atoms with E-state index in [1.54, 1.807) is 12.1 Å². The van der Waals surface area contributed by atoms with Crippen LogP contribution < -0.4 is 9.88 Å². The lowest BCUT2D eigenvalue weighted by molar-refractivity contribution is 0.439. The van der Waals surface area contributed by atoms with Crippen molar-refractivity contribution in [2.75, 3.05) is 0 Å². The first-order chi connectivity index (χ1) is 8.88. The van der Waals surface area contributed by atoms with Gasteiger partial charge in [0.25, 0.3) is 0 Å². The number of para-hydroxylation sites is 1. The van der Waals surface area contributed by atoms with Gasteiger partial charge in [-0.25, -0.2) is 17.9 Å². The van der Waals surface area contributed by atoms with Crippen molar-refractivity contribution < 1.29 is 17.5 Å². The third-order valence-corrected chi connectivity index (χ3v) is 3.82. The molecule has 0 spiro atoms. The minimum Gasteiger partial charge on any atom is -0.453 e. The van der Waals surface area contributed by atoms with Crippen molar-refractivity contribution in [3.63, 3.8) is 0 Å². The molecule has 0 radical (unpaired) electrons. The second-order valence-electron chi connectivity index (χ2n) is 3.67. The van der Waals surface area contributed by atoms with Crippen LogP contribution in [-0.4, -0.2) is 8.42 Å². The van der Waals surface area contributed by atoms with E-state index in [1.807, 2.05) is 0 Å². The summed E-state index contributed by atoms with van der Waals surface area (Å²) in [5, 5.41) is 5.00. The largest absolute Gasteiger partial charge is 0.453 e. The Morgan fingerprint density at radius 3 is 2.37 bits per heavy atom. The summed E-state index contributed by atoms with van der Waals surface area (Å²) in [6.07, 6.45) is 0. The molecular formula is C12H9BrFNO3S. The van der Waals surface area contributed by atoms with Crippen molar-refractivity contribution in [2.45, 2.75) is 4.90 Å². The van der Waals surface area contributed by atoms with Crippen molar-refractivity contribution in [3.8, 4) is 11.5 Å². The first-order valence-corrected chi connectivity index (χ1v) is 7.46. The molecule has 0 bridgehead atoms. The van der Waals surface area contributed by atoms with Crippen LogP contribution in [0.5, 0.6) is 11.5 Å². The van der Waals surface area contributed by atoms with Gasteiger partial charge in [-0.2, -0.15) is 0 Å². The lowest BCUT2D eigenvalue weighted by Gasteiger charge is -2.09. The average Bonchev–Trinajstić information content (AvgIpc) is 2.33. The molecule has 4 nitrogen and oxygen atoms in total. The Labute approximate surface area is 118 Å². The number of nitrogens with two attached hydrogens (primary N) is 1. The number of ether oxygens (including phenoxy) is 1. The predicted octanol–water partition coefficient (Wildman–Crippen LogP) is 3.03. The molecule has 0 aromatic heterocycles. The first kappa shape index (κ1) is 14.0. The molecular weight excluding hydrogens is 337 g/mol. The molecule has 100 valence electrons. The molecule has 2 rings (SSSR count). The van der Waals surface area contributed by atoms with E-state index in [9.17, 15) is 12.8 Å². The minimum atomic E-state index is -3.78. The Morgan fingerprint density at radius 1 is 1.11 bits per heavy atom. The van der Waals surface area contributed by atoms with Gasteiger partial charge in [0.05, 0.1) is 9.37 Å². The van der Waals surface area contributed by atoms with Crippen molar-refractivity contribution in [3.05, 3.63) is 52.8 Å². The Balaban J connectivity index is 2.36. The summed E-state index contributed by atoms with van der Waals surface area (Å²) in [7, 11) is -3.78. The highest BCUT2D eigenvalue weighted by Gasteiger charge is 2.12. The van der Waals surface area contributed by atoms with Gasteiger partial charge < -0.3 is 4.74 Å². The van der Waals surface area contributed by atoms with E-state index < -0.39 is 15.8 Å². The summed E-state index contributed by atoms with van der Waals surface area (Å²) >= 11 is 3.15. The summed E-state index contributed by atoms with van der Waals surface area (Å²) in [6.45, 7) is 0. The molecule has 0 amide bonds. The normalized spacial score (nSPS) is 11.3. The van der Waals surface area contributed by atoms with Gasteiger partial charge in [-0.1, -0.05) is 12.1 Å². The first-order valence-electron chi connectivity index (χ1n) is 5.12. The van der Waals surface area contributed by atoms with E-state index in [1.165, 1.54) is 30.3 Å². The van der Waals surface area contributed by atoms with Crippen LogP contribution in [-0.2, 0) is 10.0 Å². The third-order valence-electron chi connectivity index (χ3n) is 2.29. The fourth-order valence-corrected chi connectivity index (χ4v) is 2.54. The molecule has 7 heteroatoms. The van der Waals surface area contributed by atoms with Crippen LogP contribution in [0.25, 0.3) is 0 Å². The number of primary sulfonamides is 1. The monoisotopic (exact) mass is 345 g/mol. The minimum absolute atomic E-state index is 0.0477. The van der Waals surface area contributed by atoms with Gasteiger partial charge in [0, 0.05) is 0 Å². The van der Waals surface area contributed by atoms with Gasteiger partial charge in [0.15, 0.2) is 11.6 Å². The van der Waals surface area contributed by atoms with Crippen LogP contribution in [0.4, 0.5) is 4.39 Å². The van der Waals surface area contributed by atoms with Crippen LogP contribution in [0.1, 0.15) is 0 Å². The molecule has 19 heavy (non-hydrogen) atoms. The Morgan fingerprint density at radius 2 is 1.79 bits per heavy atom. The summed E-state index contributed by atoms with van der Waals surface area (Å²) < 4.78 is 41.5. The topological polar surface area (TPSA) is 69.4 Å². The molecule has 0 unspecified atom stereocenters. The second-order valence-corrected chi connectivity index (χ2v) is 6.09. The van der Waals surface area contributed by atoms with Crippen molar-refractivity contribution in [1.29, 1.82) is 0 Å². The lowest BCUT2D eigenvalue weighted by atomic mass is 10.3. The summed E-state index contributed by atoms with van der Waals surface area (Å²) in [5.41, 5.74) is 0. The summed E-state index contributed by atoms with van der Waals surface area (Å²) in [5.74, 6) is -0.172. The van der Waals surface area contributed by atoms with Crippen LogP contribution in [0, 0.1) is 5.82 Å². The van der Waals surface area contributed by atoms with Gasteiger partial charge in [0.2, 0.25) is 10.0 Å². The maximum Gasteiger partial charge on any atom is 0.238 e. The lowest BCUT2D eigenvalue weighted by Crippen LogP contribution is -2.11. The molecule has 2 aromatic carbocycles. The molecule has 0 heterocycles. The van der Waals surface area contributed by atoms with Gasteiger partial charge in [-0.05, 0) is 46.3 Å². The number of hydrogen-bond donors (Lipinski definition) is 1.